The molecule has 6 heteroatoms. The molecule has 4 nitrogen and oxygen atoms in total. The van der Waals surface area contributed by atoms with Crippen LogP contribution >= 0.6 is 11.8 Å². The summed E-state index contributed by atoms with van der Waals surface area (Å²) in [6, 6.07) is 8.49. The van der Waals surface area contributed by atoms with Crippen LogP contribution in [-0.4, -0.2) is 49.3 Å². The third-order valence-corrected chi connectivity index (χ3v) is 5.92. The zero-order valence-electron chi connectivity index (χ0n) is 14.6. The zero-order chi connectivity index (χ0) is 16.7. The van der Waals surface area contributed by atoms with Gasteiger partial charge in [0.25, 0.3) is 0 Å². The summed E-state index contributed by atoms with van der Waals surface area (Å²) in [5.74, 6) is 3.26. The van der Waals surface area contributed by atoms with Crippen molar-refractivity contribution in [2.24, 2.45) is 4.99 Å². The Labute approximate surface area is 143 Å². The molecule has 3 rings (SSSR count). The topological polar surface area (TPSA) is 34.1 Å². The van der Waals surface area contributed by atoms with Crippen LogP contribution in [0, 0.1) is 0 Å². The lowest BCUT2D eigenvalue weighted by Gasteiger charge is -2.32. The van der Waals surface area contributed by atoms with E-state index in [1.54, 1.807) is 0 Å². The van der Waals surface area contributed by atoms with Gasteiger partial charge in [-0.2, -0.15) is 11.8 Å². The first-order valence-electron chi connectivity index (χ1n) is 8.10. The van der Waals surface area contributed by atoms with Crippen LogP contribution in [0.1, 0.15) is 27.7 Å². The number of nitrogens with zero attached hydrogens (tertiary/aromatic N) is 2. The molecule has 2 saturated heterocycles. The third-order valence-electron chi connectivity index (χ3n) is 4.99. The van der Waals surface area contributed by atoms with Gasteiger partial charge in [0.05, 0.1) is 17.0 Å². The number of aliphatic imine (C=N–C) groups is 1. The number of hydrogen-bond acceptors (Lipinski definition) is 4. The Bertz CT molecular complexity index is 585. The van der Waals surface area contributed by atoms with Gasteiger partial charge in [0, 0.05) is 25.0 Å². The van der Waals surface area contributed by atoms with E-state index < -0.39 is 0 Å². The van der Waals surface area contributed by atoms with Gasteiger partial charge in [-0.25, -0.2) is 0 Å². The lowest BCUT2D eigenvalue weighted by molar-refractivity contribution is 0.00578. The van der Waals surface area contributed by atoms with Gasteiger partial charge in [0.1, 0.15) is 5.84 Å². The maximum absolute atomic E-state index is 6.11. The van der Waals surface area contributed by atoms with E-state index in [-0.39, 0.29) is 18.3 Å². The highest BCUT2D eigenvalue weighted by atomic mass is 32.2. The van der Waals surface area contributed by atoms with E-state index in [0.29, 0.717) is 0 Å². The number of amidine groups is 1. The Morgan fingerprint density at radius 3 is 2.26 bits per heavy atom. The van der Waals surface area contributed by atoms with E-state index in [9.17, 15) is 0 Å². The van der Waals surface area contributed by atoms with Gasteiger partial charge in [-0.3, -0.25) is 4.99 Å². The second-order valence-electron chi connectivity index (χ2n) is 7.02. The molecule has 0 unspecified atom stereocenters. The number of rotatable bonds is 2. The molecule has 2 aliphatic rings. The number of thioether (sulfide) groups is 1. The summed E-state index contributed by atoms with van der Waals surface area (Å²) in [5.41, 5.74) is 1.64. The van der Waals surface area contributed by atoms with Gasteiger partial charge in [-0.15, -0.1) is 0 Å². The van der Waals surface area contributed by atoms with Crippen molar-refractivity contribution in [3.8, 4) is 0 Å². The summed E-state index contributed by atoms with van der Waals surface area (Å²) in [7, 11) is 1.57. The molecule has 23 heavy (non-hydrogen) atoms. The molecule has 0 radical (unpaired) electrons. The second kappa shape index (κ2) is 6.15. The molecule has 124 valence electrons. The monoisotopic (exact) mass is 332 g/mol. The van der Waals surface area contributed by atoms with Gasteiger partial charge in [0.15, 0.2) is 0 Å². The standard InChI is InChI=1S/C17H25BN2O2S/c1-16(2)17(3,4)22-18(21-16)13-6-8-14(9-7-13)20-10-11-23-12-15(20)19-5/h6-9H,10-12H2,1-5H3. The first kappa shape index (κ1) is 16.9. The highest BCUT2D eigenvalue weighted by Crippen LogP contribution is 2.36. The summed E-state index contributed by atoms with van der Waals surface area (Å²) in [6.45, 7) is 9.33. The fraction of sp³-hybridized carbons (Fsp3) is 0.588. The van der Waals surface area contributed by atoms with Crippen molar-refractivity contribution in [1.29, 1.82) is 0 Å². The Kier molecular flexibility index (Phi) is 4.51. The smallest absolute Gasteiger partial charge is 0.399 e. The second-order valence-corrected chi connectivity index (χ2v) is 8.13. The van der Waals surface area contributed by atoms with Crippen LogP contribution in [0.15, 0.2) is 29.3 Å². The average Bonchev–Trinajstić information content (AvgIpc) is 2.75. The maximum Gasteiger partial charge on any atom is 0.494 e. The molecule has 0 saturated carbocycles. The van der Waals surface area contributed by atoms with Crippen LogP contribution in [-0.2, 0) is 9.31 Å². The molecule has 0 spiro atoms. The Morgan fingerprint density at radius 1 is 1.09 bits per heavy atom. The van der Waals surface area contributed by atoms with Crippen molar-refractivity contribution >= 4 is 35.9 Å². The molecule has 0 atom stereocenters. The van der Waals surface area contributed by atoms with Gasteiger partial charge in [-0.1, -0.05) is 12.1 Å². The van der Waals surface area contributed by atoms with E-state index in [1.165, 1.54) is 5.69 Å². The lowest BCUT2D eigenvalue weighted by Crippen LogP contribution is -2.41. The summed E-state index contributed by atoms with van der Waals surface area (Å²) < 4.78 is 12.2. The Morgan fingerprint density at radius 2 is 1.70 bits per heavy atom. The highest BCUT2D eigenvalue weighted by Gasteiger charge is 2.51. The third kappa shape index (κ3) is 3.17. The van der Waals surface area contributed by atoms with Crippen molar-refractivity contribution in [3.05, 3.63) is 24.3 Å². The van der Waals surface area contributed by atoms with E-state index in [1.807, 2.05) is 18.8 Å². The van der Waals surface area contributed by atoms with Crippen LogP contribution in [0.2, 0.25) is 0 Å². The fourth-order valence-electron chi connectivity index (χ4n) is 2.78. The molecule has 1 aromatic carbocycles. The minimum Gasteiger partial charge on any atom is -0.399 e. The largest absolute Gasteiger partial charge is 0.494 e. The predicted octanol–water partition coefficient (Wildman–Crippen LogP) is 2.57. The van der Waals surface area contributed by atoms with Crippen LogP contribution in [0.25, 0.3) is 0 Å². The van der Waals surface area contributed by atoms with Crippen molar-refractivity contribution in [1.82, 2.24) is 0 Å². The fourth-order valence-corrected chi connectivity index (χ4v) is 3.70. The predicted molar refractivity (Wildman–Crippen MR) is 100 cm³/mol. The van der Waals surface area contributed by atoms with E-state index in [0.717, 1.165) is 29.3 Å². The molecule has 0 aliphatic carbocycles. The Hall–Kier alpha value is -0.975. The van der Waals surface area contributed by atoms with E-state index in [4.69, 9.17) is 9.31 Å². The van der Waals surface area contributed by atoms with Gasteiger partial charge >= 0.3 is 7.12 Å². The van der Waals surface area contributed by atoms with Gasteiger partial charge < -0.3 is 14.2 Å². The number of hydrogen-bond donors (Lipinski definition) is 0. The van der Waals surface area contributed by atoms with Crippen molar-refractivity contribution in [2.45, 2.75) is 38.9 Å². The number of anilines is 1. The van der Waals surface area contributed by atoms with Crippen LogP contribution in [0.3, 0.4) is 0 Å². The summed E-state index contributed by atoms with van der Waals surface area (Å²) in [6.07, 6.45) is 0. The SMILES string of the molecule is CN=C1CSCCN1c1ccc(B2OC(C)(C)C(C)(C)O2)cc1. The first-order chi connectivity index (χ1) is 10.8. The van der Waals surface area contributed by atoms with Crippen molar-refractivity contribution in [3.63, 3.8) is 0 Å². The lowest BCUT2D eigenvalue weighted by atomic mass is 9.79. The zero-order valence-corrected chi connectivity index (χ0v) is 15.4. The summed E-state index contributed by atoms with van der Waals surface area (Å²) >= 11 is 1.94. The maximum atomic E-state index is 6.11. The van der Waals surface area contributed by atoms with Gasteiger partial charge in [0.2, 0.25) is 0 Å². The molecule has 2 fully saturated rings. The van der Waals surface area contributed by atoms with Crippen LogP contribution in [0.4, 0.5) is 5.69 Å². The molecule has 1 aromatic rings. The minimum atomic E-state index is -0.303. The molecular weight excluding hydrogens is 307 g/mol. The van der Waals surface area contributed by atoms with E-state index >= 15 is 0 Å². The van der Waals surface area contributed by atoms with Gasteiger partial charge in [-0.05, 0) is 45.3 Å². The first-order valence-corrected chi connectivity index (χ1v) is 9.26. The molecule has 0 bridgehead atoms. The summed E-state index contributed by atoms with van der Waals surface area (Å²) in [4.78, 5) is 6.71. The molecule has 0 amide bonds. The summed E-state index contributed by atoms with van der Waals surface area (Å²) in [5, 5.41) is 0. The molecular formula is C17H25BN2O2S. The van der Waals surface area contributed by atoms with Crippen molar-refractivity contribution in [2.75, 3.05) is 30.0 Å². The van der Waals surface area contributed by atoms with E-state index in [2.05, 4.69) is 61.9 Å². The van der Waals surface area contributed by atoms with Crippen LogP contribution in [0.5, 0.6) is 0 Å². The highest BCUT2D eigenvalue weighted by molar-refractivity contribution is 8.00. The molecule has 0 aromatic heterocycles. The average molecular weight is 332 g/mol. The van der Waals surface area contributed by atoms with Crippen molar-refractivity contribution < 1.29 is 9.31 Å². The minimum absolute atomic E-state index is 0.301. The quantitative estimate of drug-likeness (QED) is 0.780. The Balaban J connectivity index is 1.78. The molecule has 2 aliphatic heterocycles. The number of benzene rings is 1. The normalized spacial score (nSPS) is 25.2. The van der Waals surface area contributed by atoms with Crippen LogP contribution < -0.4 is 10.4 Å². The molecule has 2 heterocycles. The molecule has 0 N–H and O–H groups in total.